The van der Waals surface area contributed by atoms with E-state index in [4.69, 9.17) is 4.74 Å². The fourth-order valence-corrected chi connectivity index (χ4v) is 4.46. The van der Waals surface area contributed by atoms with E-state index in [1.807, 2.05) is 20.8 Å². The van der Waals surface area contributed by atoms with Gasteiger partial charge in [-0.25, -0.2) is 0 Å². The van der Waals surface area contributed by atoms with E-state index < -0.39 is 23.8 Å². The third kappa shape index (κ3) is 3.64. The van der Waals surface area contributed by atoms with Crippen molar-refractivity contribution in [3.8, 4) is 0 Å². The Bertz CT molecular complexity index is 928. The van der Waals surface area contributed by atoms with E-state index >= 15 is 0 Å². The molecule has 1 aromatic carbocycles. The summed E-state index contributed by atoms with van der Waals surface area (Å²) >= 11 is 0. The van der Waals surface area contributed by atoms with Crippen LogP contribution in [0.2, 0.25) is 0 Å². The molecule has 0 bridgehead atoms. The van der Waals surface area contributed by atoms with Crippen LogP contribution in [0.25, 0.3) is 0 Å². The Labute approximate surface area is 174 Å². The number of benzene rings is 1. The maximum Gasteiger partial charge on any atom is 0.262 e. The molecule has 0 spiro atoms. The van der Waals surface area contributed by atoms with Gasteiger partial charge in [0.1, 0.15) is 11.8 Å². The van der Waals surface area contributed by atoms with Gasteiger partial charge in [0, 0.05) is 25.6 Å². The van der Waals surface area contributed by atoms with Gasteiger partial charge in [-0.2, -0.15) is 0 Å². The summed E-state index contributed by atoms with van der Waals surface area (Å²) in [7, 11) is 0. The molecule has 9 nitrogen and oxygen atoms in total. The molecule has 3 aliphatic heterocycles. The quantitative estimate of drug-likeness (QED) is 0.593. The number of imide groups is 2. The van der Waals surface area contributed by atoms with Crippen LogP contribution < -0.4 is 16.0 Å². The van der Waals surface area contributed by atoms with Gasteiger partial charge in [-0.15, -0.1) is 0 Å². The van der Waals surface area contributed by atoms with Crippen LogP contribution in [0.3, 0.4) is 0 Å². The van der Waals surface area contributed by atoms with E-state index in [0.29, 0.717) is 29.8 Å². The van der Waals surface area contributed by atoms with Crippen LogP contribution in [-0.4, -0.2) is 59.0 Å². The maximum atomic E-state index is 13.1. The molecule has 3 heterocycles. The van der Waals surface area contributed by atoms with Crippen molar-refractivity contribution in [2.45, 2.75) is 64.1 Å². The van der Waals surface area contributed by atoms with E-state index in [2.05, 4.69) is 16.0 Å². The zero-order valence-corrected chi connectivity index (χ0v) is 17.3. The van der Waals surface area contributed by atoms with Gasteiger partial charge < -0.3 is 10.1 Å². The fraction of sp³-hybridized carbons (Fsp3) is 0.524. The Hall–Kier alpha value is -2.62. The van der Waals surface area contributed by atoms with Crippen LogP contribution in [-0.2, 0) is 20.9 Å². The lowest BCUT2D eigenvalue weighted by Gasteiger charge is -2.27. The van der Waals surface area contributed by atoms with Crippen LogP contribution in [0.5, 0.6) is 0 Å². The smallest absolute Gasteiger partial charge is 0.262 e. The predicted octanol–water partition coefficient (Wildman–Crippen LogP) is 0.290. The number of carbonyl (C=O) groups excluding carboxylic acids is 4. The third-order valence-corrected chi connectivity index (χ3v) is 5.81. The normalized spacial score (nSPS) is 28.1. The van der Waals surface area contributed by atoms with Crippen molar-refractivity contribution >= 4 is 23.6 Å². The van der Waals surface area contributed by atoms with Crippen LogP contribution in [0.15, 0.2) is 18.2 Å². The molecule has 0 aromatic heterocycles. The van der Waals surface area contributed by atoms with Crippen LogP contribution >= 0.6 is 0 Å². The molecular weight excluding hydrogens is 388 g/mol. The van der Waals surface area contributed by atoms with Crippen molar-refractivity contribution in [1.29, 1.82) is 0 Å². The molecule has 4 rings (SSSR count). The summed E-state index contributed by atoms with van der Waals surface area (Å²) in [4.78, 5) is 50.6. The van der Waals surface area contributed by atoms with Gasteiger partial charge in [-0.05, 0) is 38.8 Å². The Kier molecular flexibility index (Phi) is 5.21. The van der Waals surface area contributed by atoms with Crippen LogP contribution in [0, 0.1) is 0 Å². The number of hydrogen-bond acceptors (Lipinski definition) is 7. The second-order valence-corrected chi connectivity index (χ2v) is 8.50. The van der Waals surface area contributed by atoms with Crippen molar-refractivity contribution in [2.24, 2.45) is 0 Å². The maximum absolute atomic E-state index is 13.1. The molecule has 4 amide bonds. The summed E-state index contributed by atoms with van der Waals surface area (Å²) in [6.45, 7) is 6.99. The predicted molar refractivity (Wildman–Crippen MR) is 106 cm³/mol. The number of nitrogens with one attached hydrogen (secondary N) is 3. The van der Waals surface area contributed by atoms with Gasteiger partial charge in [-0.1, -0.05) is 12.1 Å². The molecule has 0 aliphatic carbocycles. The summed E-state index contributed by atoms with van der Waals surface area (Å²) < 4.78 is 5.85. The van der Waals surface area contributed by atoms with Crippen LogP contribution in [0.4, 0.5) is 0 Å². The van der Waals surface area contributed by atoms with Gasteiger partial charge in [-0.3, -0.25) is 34.7 Å². The summed E-state index contributed by atoms with van der Waals surface area (Å²) in [5.74, 6) is -1.98. The molecule has 1 unspecified atom stereocenters. The topological polar surface area (TPSA) is 117 Å². The highest BCUT2D eigenvalue weighted by molar-refractivity contribution is 6.24. The first kappa shape index (κ1) is 20.6. The zero-order valence-electron chi connectivity index (χ0n) is 17.3. The molecule has 3 aliphatic rings. The molecule has 160 valence electrons. The van der Waals surface area contributed by atoms with Gasteiger partial charge >= 0.3 is 0 Å². The van der Waals surface area contributed by atoms with Gasteiger partial charge in [0.2, 0.25) is 11.8 Å². The molecule has 0 radical (unpaired) electrons. The Morgan fingerprint density at radius 1 is 1.20 bits per heavy atom. The molecule has 3 N–H and O–H groups in total. The zero-order chi connectivity index (χ0) is 21.6. The van der Waals surface area contributed by atoms with E-state index in [-0.39, 0.29) is 36.6 Å². The number of ether oxygens (including phenoxy) is 1. The Morgan fingerprint density at radius 3 is 2.63 bits per heavy atom. The van der Waals surface area contributed by atoms with Gasteiger partial charge in [0.25, 0.3) is 11.8 Å². The highest BCUT2D eigenvalue weighted by Gasteiger charge is 2.45. The van der Waals surface area contributed by atoms with Crippen LogP contribution in [0.1, 0.15) is 59.9 Å². The number of nitrogens with zero attached hydrogens (tertiary/aromatic N) is 1. The average molecular weight is 414 g/mol. The summed E-state index contributed by atoms with van der Waals surface area (Å²) in [6, 6.07) is 4.30. The second kappa shape index (κ2) is 7.57. The number of fused-ring (bicyclic) bond motifs is 1. The molecule has 30 heavy (non-hydrogen) atoms. The van der Waals surface area contributed by atoms with Gasteiger partial charge in [0.05, 0.1) is 17.2 Å². The molecule has 3 atom stereocenters. The molecule has 0 saturated carbocycles. The molecule has 2 saturated heterocycles. The Balaban J connectivity index is 1.48. The Morgan fingerprint density at radius 2 is 1.97 bits per heavy atom. The third-order valence-electron chi connectivity index (χ3n) is 5.81. The van der Waals surface area contributed by atoms with E-state index in [9.17, 15) is 19.2 Å². The lowest BCUT2D eigenvalue weighted by molar-refractivity contribution is -0.136. The highest BCUT2D eigenvalue weighted by Crippen LogP contribution is 2.30. The van der Waals surface area contributed by atoms with Crippen molar-refractivity contribution in [3.05, 3.63) is 34.9 Å². The van der Waals surface area contributed by atoms with Crippen molar-refractivity contribution in [3.63, 3.8) is 0 Å². The van der Waals surface area contributed by atoms with Crippen molar-refractivity contribution in [1.82, 2.24) is 20.9 Å². The molecular formula is C21H26N4O5. The summed E-state index contributed by atoms with van der Waals surface area (Å²) in [6.07, 6.45) is 0.286. The minimum Gasteiger partial charge on any atom is -0.357 e. The first-order chi connectivity index (χ1) is 14.2. The first-order valence-corrected chi connectivity index (χ1v) is 10.2. The molecule has 9 heteroatoms. The SMILES string of the molecule is C[C@H]1OC(C)(C)N[C@@H]1CNCc1cccc2c1C(=O)N(C1CCC(=O)NC1=O)C2=O. The number of hydrogen-bond donors (Lipinski definition) is 3. The average Bonchev–Trinajstić information content (AvgIpc) is 3.08. The standard InChI is InChI=1S/C21H26N4O5/c1-11-14(24-21(2,3)30-11)10-22-9-12-5-4-6-13-17(12)20(29)25(19(13)28)15-7-8-16(26)23-18(15)27/h4-6,11,14-15,22,24H,7-10H2,1-3H3,(H,23,26,27)/t11-,14-,15?/m1/s1. The summed E-state index contributed by atoms with van der Waals surface area (Å²) in [5.41, 5.74) is 0.931. The number of piperidine rings is 1. The lowest BCUT2D eigenvalue weighted by Crippen LogP contribution is -2.54. The second-order valence-electron chi connectivity index (χ2n) is 8.50. The van der Waals surface area contributed by atoms with E-state index in [0.717, 1.165) is 4.90 Å². The van der Waals surface area contributed by atoms with Crippen molar-refractivity contribution < 1.29 is 23.9 Å². The monoisotopic (exact) mass is 414 g/mol. The van der Waals surface area contributed by atoms with Gasteiger partial charge in [0.15, 0.2) is 0 Å². The largest absolute Gasteiger partial charge is 0.357 e. The van der Waals surface area contributed by atoms with E-state index in [1.54, 1.807) is 18.2 Å². The van der Waals surface area contributed by atoms with E-state index in [1.165, 1.54) is 0 Å². The summed E-state index contributed by atoms with van der Waals surface area (Å²) in [5, 5.41) is 8.95. The highest BCUT2D eigenvalue weighted by atomic mass is 16.5. The lowest BCUT2D eigenvalue weighted by atomic mass is 10.0. The molecule has 1 aromatic rings. The first-order valence-electron chi connectivity index (χ1n) is 10.2. The minimum absolute atomic E-state index is 0.0419. The van der Waals surface area contributed by atoms with Crippen molar-refractivity contribution in [2.75, 3.05) is 6.54 Å². The number of amides is 4. The minimum atomic E-state index is -0.959. The fourth-order valence-electron chi connectivity index (χ4n) is 4.46. The molecule has 2 fully saturated rings. The number of carbonyl (C=O) groups is 4. The number of rotatable bonds is 5.